The highest BCUT2D eigenvalue weighted by molar-refractivity contribution is 6.11. The molecule has 3 aromatic carbocycles. The fourth-order valence-corrected chi connectivity index (χ4v) is 6.00. The number of aryl methyl sites for hydroxylation is 2. The number of hydrogen-bond donors (Lipinski definition) is 1. The van der Waals surface area contributed by atoms with E-state index in [1.165, 1.54) is 0 Å². The first kappa shape index (κ1) is 30.0. The van der Waals surface area contributed by atoms with Crippen molar-refractivity contribution in [1.29, 1.82) is 0 Å². The Balaban J connectivity index is 1.39. The Kier molecular flexibility index (Phi) is 8.36. The highest BCUT2D eigenvalue weighted by Gasteiger charge is 2.37. The van der Waals surface area contributed by atoms with Crippen molar-refractivity contribution in [1.82, 2.24) is 14.9 Å². The number of carbonyl (C=O) groups excluding carboxylic acids is 1. The zero-order valence-electron chi connectivity index (χ0n) is 26.6. The Labute approximate surface area is 264 Å². The number of urea groups is 1. The molecule has 0 saturated carbocycles. The molecule has 2 aliphatic heterocycles. The van der Waals surface area contributed by atoms with Gasteiger partial charge in [-0.15, -0.1) is 0 Å². The van der Waals surface area contributed by atoms with Gasteiger partial charge in [0.15, 0.2) is 5.82 Å². The number of benzene rings is 3. The van der Waals surface area contributed by atoms with Gasteiger partial charge in [-0.25, -0.2) is 14.7 Å². The minimum absolute atomic E-state index is 0.244. The van der Waals surface area contributed by atoms with Crippen LogP contribution in [0.3, 0.4) is 0 Å². The van der Waals surface area contributed by atoms with Crippen LogP contribution in [0.25, 0.3) is 0 Å². The smallest absolute Gasteiger partial charge is 0.335 e. The molecule has 45 heavy (non-hydrogen) atoms. The quantitative estimate of drug-likeness (QED) is 0.262. The number of carbonyl (C=O) groups is 1. The number of nitrogens with zero attached hydrogens (tertiary/aromatic N) is 6. The average molecular weight is 610 g/mol. The zero-order chi connectivity index (χ0) is 31.7. The SMILES string of the molecule is COc1ccc(N2C(=O)N(c3c(C)cccc3C)Cc3cnc(Nc4ccc(N5CCN(C)CC5)c(OC)c4)nc32)c(OC)c1. The maximum absolute atomic E-state index is 14.4. The van der Waals surface area contributed by atoms with Crippen LogP contribution in [-0.2, 0) is 6.54 Å². The number of likely N-dealkylation sites (N-methyl/N-ethyl adjacent to an activating group) is 1. The molecule has 11 nitrogen and oxygen atoms in total. The summed E-state index contributed by atoms with van der Waals surface area (Å²) in [7, 11) is 6.99. The lowest BCUT2D eigenvalue weighted by molar-refractivity contribution is 0.252. The van der Waals surface area contributed by atoms with Gasteiger partial charge in [0.05, 0.1) is 44.9 Å². The lowest BCUT2D eigenvalue weighted by atomic mass is 10.1. The van der Waals surface area contributed by atoms with E-state index >= 15 is 0 Å². The number of ether oxygens (including phenoxy) is 3. The number of anilines is 6. The van der Waals surface area contributed by atoms with Crippen LogP contribution in [0.4, 0.5) is 39.3 Å². The van der Waals surface area contributed by atoms with Gasteiger partial charge in [0.1, 0.15) is 17.2 Å². The van der Waals surface area contributed by atoms with E-state index in [4.69, 9.17) is 19.2 Å². The molecule has 11 heteroatoms. The third kappa shape index (κ3) is 5.78. The first-order valence-corrected chi connectivity index (χ1v) is 15.0. The summed E-state index contributed by atoms with van der Waals surface area (Å²) < 4.78 is 16.9. The third-order valence-corrected chi connectivity index (χ3v) is 8.42. The molecule has 1 N–H and O–H groups in total. The van der Waals surface area contributed by atoms with E-state index in [1.54, 1.807) is 49.5 Å². The van der Waals surface area contributed by atoms with Crippen LogP contribution in [0.5, 0.6) is 17.2 Å². The number of nitrogens with one attached hydrogen (secondary N) is 1. The summed E-state index contributed by atoms with van der Waals surface area (Å²) in [5, 5.41) is 3.33. The van der Waals surface area contributed by atoms with Gasteiger partial charge in [-0.1, -0.05) is 18.2 Å². The molecule has 0 radical (unpaired) electrons. The Morgan fingerprint density at radius 1 is 0.822 bits per heavy atom. The number of rotatable bonds is 8. The van der Waals surface area contributed by atoms with Gasteiger partial charge in [0, 0.05) is 55.8 Å². The van der Waals surface area contributed by atoms with Crippen molar-refractivity contribution in [2.75, 3.05) is 74.6 Å². The Morgan fingerprint density at radius 2 is 1.51 bits per heavy atom. The van der Waals surface area contributed by atoms with Gasteiger partial charge < -0.3 is 29.3 Å². The Hall–Kier alpha value is -5.03. The lowest BCUT2D eigenvalue weighted by Crippen LogP contribution is -2.46. The largest absolute Gasteiger partial charge is 0.497 e. The molecule has 1 fully saturated rings. The highest BCUT2D eigenvalue weighted by atomic mass is 16.5. The van der Waals surface area contributed by atoms with Crippen LogP contribution in [0.2, 0.25) is 0 Å². The number of para-hydroxylation sites is 1. The molecule has 6 rings (SSSR count). The lowest BCUT2D eigenvalue weighted by Gasteiger charge is -2.37. The van der Waals surface area contributed by atoms with Crippen molar-refractivity contribution in [2.45, 2.75) is 20.4 Å². The zero-order valence-corrected chi connectivity index (χ0v) is 26.6. The van der Waals surface area contributed by atoms with E-state index in [-0.39, 0.29) is 6.03 Å². The van der Waals surface area contributed by atoms with Crippen molar-refractivity contribution in [3.05, 3.63) is 77.5 Å². The molecular formula is C34H39N7O4. The fraction of sp³-hybridized carbons (Fsp3) is 0.324. The molecule has 0 atom stereocenters. The second kappa shape index (κ2) is 12.5. The van der Waals surface area contributed by atoms with E-state index in [0.29, 0.717) is 35.5 Å². The normalized spacial score (nSPS) is 15.2. The second-order valence-electron chi connectivity index (χ2n) is 11.3. The monoisotopic (exact) mass is 609 g/mol. The fourth-order valence-electron chi connectivity index (χ4n) is 6.00. The number of fused-ring (bicyclic) bond motifs is 1. The summed E-state index contributed by atoms with van der Waals surface area (Å²) in [5.41, 5.74) is 6.03. The van der Waals surface area contributed by atoms with Crippen LogP contribution in [0, 0.1) is 13.8 Å². The van der Waals surface area contributed by atoms with Crippen LogP contribution in [-0.4, -0.2) is 75.5 Å². The maximum Gasteiger partial charge on any atom is 0.335 e. The molecule has 1 saturated heterocycles. The van der Waals surface area contributed by atoms with Crippen LogP contribution in [0.15, 0.2) is 60.8 Å². The Bertz CT molecular complexity index is 1700. The molecule has 0 aliphatic carbocycles. The van der Waals surface area contributed by atoms with Gasteiger partial charge in [-0.05, 0) is 56.3 Å². The first-order valence-electron chi connectivity index (χ1n) is 15.0. The third-order valence-electron chi connectivity index (χ3n) is 8.42. The summed E-state index contributed by atoms with van der Waals surface area (Å²) in [6.07, 6.45) is 1.77. The summed E-state index contributed by atoms with van der Waals surface area (Å²) in [6.45, 7) is 8.22. The van der Waals surface area contributed by atoms with Crippen molar-refractivity contribution in [3.63, 3.8) is 0 Å². The highest BCUT2D eigenvalue weighted by Crippen LogP contribution is 2.43. The van der Waals surface area contributed by atoms with E-state index in [0.717, 1.165) is 65.7 Å². The second-order valence-corrected chi connectivity index (χ2v) is 11.3. The summed E-state index contributed by atoms with van der Waals surface area (Å²) >= 11 is 0. The van der Waals surface area contributed by atoms with Gasteiger partial charge >= 0.3 is 6.03 Å². The van der Waals surface area contributed by atoms with Crippen molar-refractivity contribution < 1.29 is 19.0 Å². The van der Waals surface area contributed by atoms with Crippen LogP contribution >= 0.6 is 0 Å². The minimum atomic E-state index is -0.244. The molecule has 1 aromatic heterocycles. The Morgan fingerprint density at radius 3 is 2.20 bits per heavy atom. The van der Waals surface area contributed by atoms with Gasteiger partial charge in [-0.3, -0.25) is 4.90 Å². The van der Waals surface area contributed by atoms with Crippen LogP contribution in [0.1, 0.15) is 16.7 Å². The number of amides is 2. The molecular weight excluding hydrogens is 570 g/mol. The minimum Gasteiger partial charge on any atom is -0.497 e. The van der Waals surface area contributed by atoms with E-state index in [9.17, 15) is 4.79 Å². The van der Waals surface area contributed by atoms with Crippen molar-refractivity contribution >= 4 is 40.5 Å². The standard InChI is InChI=1S/C34H39N7O4/c1-22-8-7-9-23(2)31(22)40-21-24-20-35-33(36-25-10-12-27(29(18-25)44-5)39-16-14-38(3)15-17-39)37-32(24)41(34(40)42)28-13-11-26(43-4)19-30(28)45-6/h7-13,18-20H,14-17,21H2,1-6H3,(H,35,36,37). The van der Waals surface area contributed by atoms with E-state index < -0.39 is 0 Å². The molecule has 0 spiro atoms. The van der Waals surface area contributed by atoms with Gasteiger partial charge in [0.25, 0.3) is 0 Å². The summed E-state index contributed by atoms with van der Waals surface area (Å²) in [4.78, 5) is 32.0. The summed E-state index contributed by atoms with van der Waals surface area (Å²) in [6, 6.07) is 17.2. The average Bonchev–Trinajstić information content (AvgIpc) is 3.05. The number of aromatic nitrogens is 2. The topological polar surface area (TPSA) is 95.5 Å². The van der Waals surface area contributed by atoms with E-state index in [1.807, 2.05) is 50.2 Å². The summed E-state index contributed by atoms with van der Waals surface area (Å²) in [5.74, 6) is 2.70. The molecule has 0 bridgehead atoms. The number of methoxy groups -OCH3 is 3. The van der Waals surface area contributed by atoms with Gasteiger partial charge in [-0.2, -0.15) is 4.98 Å². The number of hydrogen-bond acceptors (Lipinski definition) is 9. The molecule has 234 valence electrons. The maximum atomic E-state index is 14.4. The molecule has 2 amide bonds. The molecule has 0 unspecified atom stereocenters. The molecule has 4 aromatic rings. The van der Waals surface area contributed by atoms with Crippen molar-refractivity contribution in [2.24, 2.45) is 0 Å². The van der Waals surface area contributed by atoms with E-state index in [2.05, 4.69) is 33.2 Å². The molecule has 3 heterocycles. The van der Waals surface area contributed by atoms with Crippen LogP contribution < -0.4 is 34.2 Å². The number of piperazine rings is 1. The predicted octanol–water partition coefficient (Wildman–Crippen LogP) is 5.89. The predicted molar refractivity (Wildman–Crippen MR) is 177 cm³/mol. The van der Waals surface area contributed by atoms with Gasteiger partial charge in [0.2, 0.25) is 5.95 Å². The molecule has 2 aliphatic rings. The first-order chi connectivity index (χ1) is 21.8. The van der Waals surface area contributed by atoms with Crippen molar-refractivity contribution in [3.8, 4) is 17.2 Å².